The Morgan fingerprint density at radius 1 is 1.06 bits per heavy atom. The Labute approximate surface area is 192 Å². The Balaban J connectivity index is 1.38. The molecule has 4 heterocycles. The lowest BCUT2D eigenvalue weighted by Crippen LogP contribution is -2.40. The molecule has 168 valence electrons. The molecule has 2 aromatic heterocycles. The molecule has 1 amide bonds. The number of carbonyl (C=O) groups is 1. The molecular formula is C24H29N5O2S. The number of nitrogens with zero attached hydrogens (tertiary/aromatic N) is 5. The first kappa shape index (κ1) is 21.1. The molecular weight excluding hydrogens is 422 g/mol. The van der Waals surface area contributed by atoms with Crippen molar-refractivity contribution in [1.82, 2.24) is 14.8 Å². The largest absolute Gasteiger partial charge is 0.467 e. The van der Waals surface area contributed by atoms with Crippen LogP contribution in [0.4, 0.5) is 11.6 Å². The summed E-state index contributed by atoms with van der Waals surface area (Å²) in [4.78, 5) is 17.7. The molecule has 0 N–H and O–H groups in total. The van der Waals surface area contributed by atoms with E-state index in [9.17, 15) is 4.79 Å². The third-order valence-corrected chi connectivity index (χ3v) is 7.30. The van der Waals surface area contributed by atoms with E-state index in [0.717, 1.165) is 55.0 Å². The second-order valence-corrected chi connectivity index (χ2v) is 9.79. The van der Waals surface area contributed by atoms with E-state index in [-0.39, 0.29) is 11.2 Å². The Hall–Kier alpha value is -2.74. The molecule has 2 aliphatic rings. The molecule has 1 saturated heterocycles. The Morgan fingerprint density at radius 3 is 2.72 bits per heavy atom. The highest BCUT2D eigenvalue weighted by molar-refractivity contribution is 8.00. The number of para-hydroxylation sites is 1. The summed E-state index contributed by atoms with van der Waals surface area (Å²) in [6.07, 6.45) is 7.30. The molecule has 32 heavy (non-hydrogen) atoms. The van der Waals surface area contributed by atoms with Crippen molar-refractivity contribution in [3.05, 3.63) is 54.0 Å². The molecule has 0 aliphatic carbocycles. The number of piperidine rings is 1. The van der Waals surface area contributed by atoms with Gasteiger partial charge in [0.15, 0.2) is 5.16 Å². The minimum absolute atomic E-state index is 0.120. The normalized spacial score (nSPS) is 17.3. The highest BCUT2D eigenvalue weighted by Crippen LogP contribution is 2.32. The summed E-state index contributed by atoms with van der Waals surface area (Å²) < 4.78 is 7.71. The van der Waals surface area contributed by atoms with Crippen LogP contribution in [0, 0.1) is 0 Å². The maximum atomic E-state index is 13.4. The molecule has 7 nitrogen and oxygen atoms in total. The average molecular weight is 452 g/mol. The third kappa shape index (κ3) is 4.28. The van der Waals surface area contributed by atoms with Crippen molar-refractivity contribution in [2.24, 2.45) is 0 Å². The fraction of sp³-hybridized carbons (Fsp3) is 0.458. The molecule has 5 rings (SSSR count). The number of anilines is 2. The molecule has 1 atom stereocenters. The number of fused-ring (bicyclic) bond motifs is 1. The SMILES string of the molecule is CC(Sc1nnc(N2CCCCC2)n1Cc1ccco1)C(=O)N1CCCc2ccccc21. The molecule has 0 spiro atoms. The number of hydrogen-bond donors (Lipinski definition) is 0. The van der Waals surface area contributed by atoms with Gasteiger partial charge in [0.05, 0.1) is 18.1 Å². The molecule has 1 unspecified atom stereocenters. The summed E-state index contributed by atoms with van der Waals surface area (Å²) in [5.41, 5.74) is 2.29. The number of aromatic nitrogens is 3. The summed E-state index contributed by atoms with van der Waals surface area (Å²) in [6, 6.07) is 12.1. The second-order valence-electron chi connectivity index (χ2n) is 8.48. The fourth-order valence-electron chi connectivity index (χ4n) is 4.58. The molecule has 1 fully saturated rings. The van der Waals surface area contributed by atoms with E-state index < -0.39 is 0 Å². The summed E-state index contributed by atoms with van der Waals surface area (Å²) >= 11 is 1.48. The third-order valence-electron chi connectivity index (χ3n) is 6.24. The van der Waals surface area contributed by atoms with Crippen molar-refractivity contribution in [2.75, 3.05) is 29.4 Å². The van der Waals surface area contributed by atoms with Gasteiger partial charge in [-0.2, -0.15) is 0 Å². The van der Waals surface area contributed by atoms with Gasteiger partial charge in [-0.3, -0.25) is 9.36 Å². The molecule has 1 aromatic carbocycles. The van der Waals surface area contributed by atoms with Gasteiger partial charge in [-0.15, -0.1) is 10.2 Å². The van der Waals surface area contributed by atoms with E-state index in [2.05, 4.69) is 31.8 Å². The van der Waals surface area contributed by atoms with Gasteiger partial charge in [-0.1, -0.05) is 30.0 Å². The summed E-state index contributed by atoms with van der Waals surface area (Å²) in [5, 5.41) is 9.53. The molecule has 2 aliphatic heterocycles. The first-order valence-corrected chi connectivity index (χ1v) is 12.3. The van der Waals surface area contributed by atoms with Crippen molar-refractivity contribution >= 4 is 29.3 Å². The lowest BCUT2D eigenvalue weighted by molar-refractivity contribution is -0.117. The number of benzene rings is 1. The van der Waals surface area contributed by atoms with E-state index >= 15 is 0 Å². The van der Waals surface area contributed by atoms with Crippen molar-refractivity contribution in [2.45, 2.75) is 56.0 Å². The fourth-order valence-corrected chi connectivity index (χ4v) is 5.49. The van der Waals surface area contributed by atoms with Crippen LogP contribution in [0.3, 0.4) is 0 Å². The molecule has 0 bridgehead atoms. The zero-order chi connectivity index (χ0) is 21.9. The lowest BCUT2D eigenvalue weighted by atomic mass is 10.0. The minimum Gasteiger partial charge on any atom is -0.467 e. The van der Waals surface area contributed by atoms with E-state index in [1.54, 1.807) is 6.26 Å². The number of carbonyl (C=O) groups excluding carboxylic acids is 1. The predicted octanol–water partition coefficient (Wildman–Crippen LogP) is 4.37. The van der Waals surface area contributed by atoms with Crippen molar-refractivity contribution < 1.29 is 9.21 Å². The molecule has 0 radical (unpaired) electrons. The van der Waals surface area contributed by atoms with Crippen LogP contribution in [0.5, 0.6) is 0 Å². The van der Waals surface area contributed by atoms with Crippen LogP contribution in [0.25, 0.3) is 0 Å². The highest BCUT2D eigenvalue weighted by atomic mass is 32.2. The standard InChI is InChI=1S/C24H29N5O2S/c1-18(22(30)28-15-7-10-19-9-3-4-12-21(19)28)32-24-26-25-23(27-13-5-2-6-14-27)29(24)17-20-11-8-16-31-20/h3-4,8-9,11-12,16,18H,2,5-7,10,13-15,17H2,1H3. The maximum Gasteiger partial charge on any atom is 0.240 e. The van der Waals surface area contributed by atoms with Crippen LogP contribution >= 0.6 is 11.8 Å². The van der Waals surface area contributed by atoms with E-state index in [1.165, 1.54) is 36.6 Å². The Morgan fingerprint density at radius 2 is 1.91 bits per heavy atom. The van der Waals surface area contributed by atoms with Gasteiger partial charge >= 0.3 is 0 Å². The zero-order valence-corrected chi connectivity index (χ0v) is 19.3. The van der Waals surface area contributed by atoms with Crippen LogP contribution < -0.4 is 9.80 Å². The van der Waals surface area contributed by atoms with E-state index in [1.807, 2.05) is 36.1 Å². The van der Waals surface area contributed by atoms with Gasteiger partial charge in [-0.05, 0) is 62.8 Å². The topological polar surface area (TPSA) is 67.4 Å². The van der Waals surface area contributed by atoms with Gasteiger partial charge in [0.25, 0.3) is 0 Å². The van der Waals surface area contributed by atoms with Crippen LogP contribution in [-0.4, -0.2) is 45.6 Å². The summed E-state index contributed by atoms with van der Waals surface area (Å²) in [6.45, 7) is 5.26. The number of aryl methyl sites for hydroxylation is 1. The van der Waals surface area contributed by atoms with Gasteiger partial charge < -0.3 is 14.2 Å². The van der Waals surface area contributed by atoms with Crippen molar-refractivity contribution in [3.8, 4) is 0 Å². The highest BCUT2D eigenvalue weighted by Gasteiger charge is 2.29. The van der Waals surface area contributed by atoms with Crippen LogP contribution in [0.2, 0.25) is 0 Å². The predicted molar refractivity (Wildman–Crippen MR) is 126 cm³/mol. The second kappa shape index (κ2) is 9.40. The number of furan rings is 1. The quantitative estimate of drug-likeness (QED) is 0.519. The average Bonchev–Trinajstić information content (AvgIpc) is 3.49. The van der Waals surface area contributed by atoms with Crippen LogP contribution in [0.1, 0.15) is 43.9 Å². The van der Waals surface area contributed by atoms with Gasteiger partial charge in [0.2, 0.25) is 11.9 Å². The Bertz CT molecular complexity index is 1060. The number of rotatable bonds is 6. The number of amides is 1. The Kier molecular flexibility index (Phi) is 6.21. The first-order valence-electron chi connectivity index (χ1n) is 11.5. The number of thioether (sulfide) groups is 1. The van der Waals surface area contributed by atoms with Gasteiger partial charge in [0.1, 0.15) is 5.76 Å². The van der Waals surface area contributed by atoms with Crippen LogP contribution in [0.15, 0.2) is 52.2 Å². The summed E-state index contributed by atoms with van der Waals surface area (Å²) in [5.74, 6) is 1.84. The zero-order valence-electron chi connectivity index (χ0n) is 18.4. The molecule has 3 aromatic rings. The monoisotopic (exact) mass is 451 g/mol. The smallest absolute Gasteiger partial charge is 0.240 e. The van der Waals surface area contributed by atoms with Crippen molar-refractivity contribution in [3.63, 3.8) is 0 Å². The van der Waals surface area contributed by atoms with Crippen molar-refractivity contribution in [1.29, 1.82) is 0 Å². The van der Waals surface area contributed by atoms with E-state index in [0.29, 0.717) is 6.54 Å². The lowest BCUT2D eigenvalue weighted by Gasteiger charge is -2.31. The number of hydrogen-bond acceptors (Lipinski definition) is 6. The van der Waals surface area contributed by atoms with Crippen LogP contribution in [-0.2, 0) is 17.8 Å². The van der Waals surface area contributed by atoms with Gasteiger partial charge in [-0.25, -0.2) is 0 Å². The molecule has 8 heteroatoms. The van der Waals surface area contributed by atoms with E-state index in [4.69, 9.17) is 4.42 Å². The van der Waals surface area contributed by atoms with Gasteiger partial charge in [0, 0.05) is 25.3 Å². The minimum atomic E-state index is -0.269. The first-order chi connectivity index (χ1) is 15.7. The molecule has 0 saturated carbocycles. The summed E-state index contributed by atoms with van der Waals surface area (Å²) in [7, 11) is 0. The maximum absolute atomic E-state index is 13.4.